The fourth-order valence-corrected chi connectivity index (χ4v) is 2.19. The Hall–Kier alpha value is -3.75. The lowest BCUT2D eigenvalue weighted by Crippen LogP contribution is -2.29. The van der Waals surface area contributed by atoms with Gasteiger partial charge in [-0.25, -0.2) is 9.18 Å². The number of halogens is 1. The summed E-state index contributed by atoms with van der Waals surface area (Å²) >= 11 is 0. The Balaban J connectivity index is 1.97. The first kappa shape index (κ1) is 20.6. The molecule has 2 aromatic carbocycles. The molecule has 1 atom stereocenters. The van der Waals surface area contributed by atoms with Crippen LogP contribution < -0.4 is 10.1 Å². The number of hydrogen-bond acceptors (Lipinski definition) is 6. The summed E-state index contributed by atoms with van der Waals surface area (Å²) in [6, 6.07) is 9.71. The van der Waals surface area contributed by atoms with E-state index in [0.29, 0.717) is 5.56 Å². The highest BCUT2D eigenvalue weighted by Crippen LogP contribution is 2.23. The third-order valence-electron chi connectivity index (χ3n) is 3.61. The van der Waals surface area contributed by atoms with E-state index in [1.54, 1.807) is 0 Å². The van der Waals surface area contributed by atoms with Gasteiger partial charge in [0.15, 0.2) is 17.7 Å². The largest absolute Gasteiger partial charge is 0.494 e. The van der Waals surface area contributed by atoms with E-state index in [9.17, 15) is 24.1 Å². The third kappa shape index (κ3) is 5.37. The molecule has 9 heteroatoms. The van der Waals surface area contributed by atoms with Gasteiger partial charge < -0.3 is 14.8 Å². The molecule has 0 spiro atoms. The maximum Gasteiger partial charge on any atom is 0.331 e. The predicted molar refractivity (Wildman–Crippen MR) is 99.3 cm³/mol. The van der Waals surface area contributed by atoms with Crippen molar-refractivity contribution >= 4 is 29.3 Å². The number of carbonyl (C=O) groups is 2. The van der Waals surface area contributed by atoms with E-state index in [-0.39, 0.29) is 17.1 Å². The number of esters is 1. The van der Waals surface area contributed by atoms with Crippen molar-refractivity contribution in [2.45, 2.75) is 13.0 Å². The summed E-state index contributed by atoms with van der Waals surface area (Å²) in [5.41, 5.74) is 0.104. The number of nitro benzene ring substituents is 1. The van der Waals surface area contributed by atoms with Crippen LogP contribution in [0.15, 0.2) is 48.5 Å². The summed E-state index contributed by atoms with van der Waals surface area (Å²) in [5, 5.41) is 13.3. The highest BCUT2D eigenvalue weighted by atomic mass is 19.1. The van der Waals surface area contributed by atoms with Crippen LogP contribution in [0, 0.1) is 15.9 Å². The zero-order chi connectivity index (χ0) is 20.7. The number of para-hydroxylation sites is 2. The topological polar surface area (TPSA) is 108 Å². The van der Waals surface area contributed by atoms with Crippen LogP contribution in [0.5, 0.6) is 5.75 Å². The number of carbonyl (C=O) groups excluding carboxylic acids is 2. The summed E-state index contributed by atoms with van der Waals surface area (Å²) < 4.78 is 23.4. The maximum absolute atomic E-state index is 13.6. The van der Waals surface area contributed by atoms with Crippen LogP contribution in [0.1, 0.15) is 12.5 Å². The maximum atomic E-state index is 13.6. The minimum absolute atomic E-state index is 0.00958. The number of anilines is 1. The number of methoxy groups -OCH3 is 1. The molecule has 0 aliphatic heterocycles. The van der Waals surface area contributed by atoms with Crippen LogP contribution in [0.4, 0.5) is 15.8 Å². The fourth-order valence-electron chi connectivity index (χ4n) is 2.19. The molecular weight excluding hydrogens is 371 g/mol. The Bertz CT molecular complexity index is 928. The van der Waals surface area contributed by atoms with Crippen molar-refractivity contribution in [2.75, 3.05) is 12.4 Å². The first-order chi connectivity index (χ1) is 13.3. The van der Waals surface area contributed by atoms with Gasteiger partial charge >= 0.3 is 5.97 Å². The van der Waals surface area contributed by atoms with Crippen molar-refractivity contribution in [1.29, 1.82) is 0 Å². The Labute approximate surface area is 159 Å². The molecule has 28 heavy (non-hydrogen) atoms. The fraction of sp³-hybridized carbons (Fsp3) is 0.158. The summed E-state index contributed by atoms with van der Waals surface area (Å²) in [6.07, 6.45) is 1.15. The standard InChI is InChI=1S/C19H17FN2O6/c1-12(19(24)21-15-5-3-4-6-16(15)22(25)26)28-18(23)10-8-13-7-9-17(27-2)14(20)11-13/h3-12H,1-2H3,(H,21,24)/b10-8+/t12-/m1/s1. The lowest BCUT2D eigenvalue weighted by atomic mass is 10.2. The average Bonchev–Trinajstić information content (AvgIpc) is 2.66. The molecule has 2 rings (SSSR count). The number of hydrogen-bond donors (Lipinski definition) is 1. The SMILES string of the molecule is COc1ccc(/C=C/C(=O)O[C@H](C)C(=O)Nc2ccccc2[N+](=O)[O-])cc1F. The Morgan fingerprint density at radius 3 is 2.61 bits per heavy atom. The number of nitrogens with one attached hydrogen (secondary N) is 1. The van der Waals surface area contributed by atoms with Crippen LogP contribution in [-0.2, 0) is 14.3 Å². The van der Waals surface area contributed by atoms with Crippen molar-refractivity contribution in [3.63, 3.8) is 0 Å². The van der Waals surface area contributed by atoms with Crippen LogP contribution >= 0.6 is 0 Å². The number of rotatable bonds is 7. The predicted octanol–water partition coefficient (Wildman–Crippen LogP) is 3.33. The monoisotopic (exact) mass is 388 g/mol. The normalized spacial score (nSPS) is 11.7. The van der Waals surface area contributed by atoms with E-state index in [1.165, 1.54) is 62.6 Å². The number of benzene rings is 2. The second-order valence-electron chi connectivity index (χ2n) is 5.57. The van der Waals surface area contributed by atoms with Gasteiger partial charge in [-0.15, -0.1) is 0 Å². The average molecular weight is 388 g/mol. The summed E-state index contributed by atoms with van der Waals surface area (Å²) in [6.45, 7) is 1.32. The molecule has 0 aliphatic carbocycles. The molecule has 1 amide bonds. The highest BCUT2D eigenvalue weighted by Gasteiger charge is 2.20. The van der Waals surface area contributed by atoms with E-state index in [0.717, 1.165) is 6.08 Å². The summed E-state index contributed by atoms with van der Waals surface area (Å²) in [7, 11) is 1.34. The molecule has 0 fully saturated rings. The number of ether oxygens (including phenoxy) is 2. The lowest BCUT2D eigenvalue weighted by Gasteiger charge is -2.12. The van der Waals surface area contributed by atoms with Crippen LogP contribution in [0.2, 0.25) is 0 Å². The van der Waals surface area contributed by atoms with Gasteiger partial charge in [0.2, 0.25) is 0 Å². The van der Waals surface area contributed by atoms with Gasteiger partial charge in [-0.3, -0.25) is 14.9 Å². The molecule has 0 radical (unpaired) electrons. The van der Waals surface area contributed by atoms with Gasteiger partial charge in [-0.05, 0) is 36.8 Å². The zero-order valence-corrected chi connectivity index (χ0v) is 15.0. The molecular formula is C19H17FN2O6. The van der Waals surface area contributed by atoms with Gasteiger partial charge in [0.25, 0.3) is 11.6 Å². The number of nitrogens with zero attached hydrogens (tertiary/aromatic N) is 1. The van der Waals surface area contributed by atoms with E-state index < -0.39 is 28.7 Å². The first-order valence-corrected chi connectivity index (χ1v) is 8.08. The second kappa shape index (κ2) is 9.26. The molecule has 2 aromatic rings. The Kier molecular flexibility index (Phi) is 6.80. The molecule has 0 saturated heterocycles. The molecule has 1 N–H and O–H groups in total. The zero-order valence-electron chi connectivity index (χ0n) is 15.0. The molecule has 146 valence electrons. The Morgan fingerprint density at radius 1 is 1.25 bits per heavy atom. The first-order valence-electron chi connectivity index (χ1n) is 8.08. The number of amides is 1. The summed E-state index contributed by atoms with van der Waals surface area (Å²) in [5.74, 6) is -2.08. The minimum Gasteiger partial charge on any atom is -0.494 e. The van der Waals surface area contributed by atoms with Crippen molar-refractivity contribution in [3.05, 3.63) is 70.0 Å². The smallest absolute Gasteiger partial charge is 0.331 e. The van der Waals surface area contributed by atoms with Gasteiger partial charge in [-0.1, -0.05) is 18.2 Å². The van der Waals surface area contributed by atoms with E-state index in [1.807, 2.05) is 0 Å². The van der Waals surface area contributed by atoms with Crippen LogP contribution in [0.3, 0.4) is 0 Å². The molecule has 0 aliphatic rings. The molecule has 8 nitrogen and oxygen atoms in total. The Morgan fingerprint density at radius 2 is 1.96 bits per heavy atom. The molecule has 0 saturated carbocycles. The van der Waals surface area contributed by atoms with E-state index in [2.05, 4.69) is 5.32 Å². The van der Waals surface area contributed by atoms with Crippen molar-refractivity contribution in [3.8, 4) is 5.75 Å². The molecule has 0 unspecified atom stereocenters. The van der Waals surface area contributed by atoms with E-state index in [4.69, 9.17) is 9.47 Å². The van der Waals surface area contributed by atoms with Gasteiger partial charge in [-0.2, -0.15) is 0 Å². The lowest BCUT2D eigenvalue weighted by molar-refractivity contribution is -0.383. The van der Waals surface area contributed by atoms with Gasteiger partial charge in [0.05, 0.1) is 12.0 Å². The van der Waals surface area contributed by atoms with Crippen molar-refractivity contribution < 1.29 is 28.4 Å². The third-order valence-corrected chi connectivity index (χ3v) is 3.61. The highest BCUT2D eigenvalue weighted by molar-refractivity contribution is 5.98. The minimum atomic E-state index is -1.20. The number of nitro groups is 1. The van der Waals surface area contributed by atoms with Gasteiger partial charge in [0.1, 0.15) is 5.69 Å². The molecule has 0 aromatic heterocycles. The van der Waals surface area contributed by atoms with Crippen LogP contribution in [-0.4, -0.2) is 30.0 Å². The second-order valence-corrected chi connectivity index (χ2v) is 5.57. The summed E-state index contributed by atoms with van der Waals surface area (Å²) in [4.78, 5) is 34.3. The molecule has 0 bridgehead atoms. The molecule has 0 heterocycles. The quantitative estimate of drug-likeness (QED) is 0.337. The van der Waals surface area contributed by atoms with Crippen molar-refractivity contribution in [1.82, 2.24) is 0 Å². The van der Waals surface area contributed by atoms with E-state index >= 15 is 0 Å². The van der Waals surface area contributed by atoms with Crippen molar-refractivity contribution in [2.24, 2.45) is 0 Å². The van der Waals surface area contributed by atoms with Crippen LogP contribution in [0.25, 0.3) is 6.08 Å². The van der Waals surface area contributed by atoms with Gasteiger partial charge in [0, 0.05) is 12.1 Å².